The molecule has 0 aromatic heterocycles. The molecule has 1 aromatic carbocycles. The molecule has 1 aliphatic rings. The van der Waals surface area contributed by atoms with Gasteiger partial charge in [-0.25, -0.2) is 4.79 Å². The minimum atomic E-state index is -1.20. The Morgan fingerprint density at radius 3 is 2.62 bits per heavy atom. The van der Waals surface area contributed by atoms with Gasteiger partial charge in [-0.3, -0.25) is 14.5 Å². The van der Waals surface area contributed by atoms with E-state index in [1.54, 1.807) is 6.07 Å². The van der Waals surface area contributed by atoms with E-state index in [9.17, 15) is 14.4 Å². The van der Waals surface area contributed by atoms with Gasteiger partial charge >= 0.3 is 6.09 Å². The summed E-state index contributed by atoms with van der Waals surface area (Å²) >= 11 is 1.49. The lowest BCUT2D eigenvalue weighted by molar-refractivity contribution is -0.129. The minimum absolute atomic E-state index is 0.323. The normalized spacial score (nSPS) is 20.2. The number of amides is 3. The van der Waals surface area contributed by atoms with Crippen LogP contribution in [0.1, 0.15) is 20.8 Å². The summed E-state index contributed by atoms with van der Waals surface area (Å²) in [5, 5.41) is 14.5. The first-order valence-corrected chi connectivity index (χ1v) is 8.30. The number of likely N-dealkylation sites (N-methyl/N-ethyl adjacent to an activating group) is 1. The SMILES string of the molecule is C[C@@H](C(=O)N[C@@H]1C(=O)Nc2ccccc2SC1(C)C)N(C)C(=O)O. The lowest BCUT2D eigenvalue weighted by atomic mass is 10.0. The molecule has 0 fully saturated rings. The molecule has 0 spiro atoms. The van der Waals surface area contributed by atoms with Crippen LogP contribution in [0.25, 0.3) is 0 Å². The molecule has 8 heteroatoms. The Balaban J connectivity index is 2.22. The topological polar surface area (TPSA) is 98.7 Å². The van der Waals surface area contributed by atoms with E-state index in [-0.39, 0.29) is 5.91 Å². The van der Waals surface area contributed by atoms with Crippen molar-refractivity contribution in [1.82, 2.24) is 10.2 Å². The molecule has 3 N–H and O–H groups in total. The number of nitrogens with one attached hydrogen (secondary N) is 2. The highest BCUT2D eigenvalue weighted by Crippen LogP contribution is 2.41. The number of carboxylic acid groups (broad SMARTS) is 1. The number of benzene rings is 1. The maximum Gasteiger partial charge on any atom is 0.407 e. The Bertz CT molecular complexity index is 677. The van der Waals surface area contributed by atoms with Gasteiger partial charge in [0.2, 0.25) is 11.8 Å². The summed E-state index contributed by atoms with van der Waals surface area (Å²) in [7, 11) is 1.31. The predicted octanol–water partition coefficient (Wildman–Crippen LogP) is 1.99. The highest BCUT2D eigenvalue weighted by Gasteiger charge is 2.41. The monoisotopic (exact) mass is 351 g/mol. The van der Waals surface area contributed by atoms with Crippen molar-refractivity contribution in [1.29, 1.82) is 0 Å². The van der Waals surface area contributed by atoms with Crippen LogP contribution in [-0.2, 0) is 9.59 Å². The van der Waals surface area contributed by atoms with Crippen molar-refractivity contribution in [2.24, 2.45) is 0 Å². The first kappa shape index (κ1) is 18.1. The Hall–Kier alpha value is -2.22. The van der Waals surface area contributed by atoms with Gasteiger partial charge in [-0.2, -0.15) is 0 Å². The van der Waals surface area contributed by atoms with E-state index < -0.39 is 28.8 Å². The van der Waals surface area contributed by atoms with Gasteiger partial charge in [0.15, 0.2) is 0 Å². The smallest absolute Gasteiger partial charge is 0.407 e. The summed E-state index contributed by atoms with van der Waals surface area (Å²) in [6.45, 7) is 5.22. The molecule has 1 heterocycles. The van der Waals surface area contributed by atoms with E-state index in [0.29, 0.717) is 5.69 Å². The van der Waals surface area contributed by atoms with Crippen LogP contribution >= 0.6 is 11.8 Å². The minimum Gasteiger partial charge on any atom is -0.465 e. The van der Waals surface area contributed by atoms with Gasteiger partial charge < -0.3 is 15.7 Å². The molecule has 24 heavy (non-hydrogen) atoms. The van der Waals surface area contributed by atoms with E-state index in [2.05, 4.69) is 10.6 Å². The average molecular weight is 351 g/mol. The third-order valence-electron chi connectivity index (χ3n) is 4.02. The van der Waals surface area contributed by atoms with Gasteiger partial charge in [0, 0.05) is 16.7 Å². The van der Waals surface area contributed by atoms with Gasteiger partial charge in [-0.05, 0) is 32.9 Å². The van der Waals surface area contributed by atoms with E-state index in [1.165, 1.54) is 25.7 Å². The standard InChI is InChI=1S/C16H21N3O4S/c1-9(19(4)15(22)23)13(20)18-12-14(21)17-10-7-5-6-8-11(10)24-16(12,2)3/h5-9,12H,1-4H3,(H,17,21)(H,18,20)(H,22,23)/t9-,12+/m0/s1. The van der Waals surface area contributed by atoms with Crippen molar-refractivity contribution < 1.29 is 19.5 Å². The maximum absolute atomic E-state index is 12.6. The van der Waals surface area contributed by atoms with Gasteiger partial charge in [0.25, 0.3) is 0 Å². The molecule has 1 aromatic rings. The number of hydrogen-bond donors (Lipinski definition) is 3. The third-order valence-corrected chi connectivity index (χ3v) is 5.36. The second kappa shape index (κ2) is 6.72. The van der Waals surface area contributed by atoms with Crippen molar-refractivity contribution >= 4 is 35.4 Å². The fourth-order valence-electron chi connectivity index (χ4n) is 2.37. The number of rotatable bonds is 3. The number of nitrogens with zero attached hydrogens (tertiary/aromatic N) is 1. The van der Waals surface area contributed by atoms with Gasteiger partial charge in [-0.1, -0.05) is 12.1 Å². The van der Waals surface area contributed by atoms with Crippen LogP contribution in [0.2, 0.25) is 0 Å². The van der Waals surface area contributed by atoms with Crippen molar-refractivity contribution in [2.75, 3.05) is 12.4 Å². The van der Waals surface area contributed by atoms with E-state index in [0.717, 1.165) is 9.80 Å². The number of carbonyl (C=O) groups is 3. The molecule has 1 aliphatic heterocycles. The third kappa shape index (κ3) is 3.64. The Labute approximate surface area is 144 Å². The van der Waals surface area contributed by atoms with Crippen LogP contribution in [-0.4, -0.2) is 51.8 Å². The fourth-order valence-corrected chi connectivity index (χ4v) is 3.59. The lowest BCUT2D eigenvalue weighted by Gasteiger charge is -2.32. The molecular formula is C16H21N3O4S. The van der Waals surface area contributed by atoms with E-state index in [4.69, 9.17) is 5.11 Å². The fraction of sp³-hybridized carbons (Fsp3) is 0.438. The van der Waals surface area contributed by atoms with Crippen LogP contribution in [0, 0.1) is 0 Å². The molecule has 0 unspecified atom stereocenters. The largest absolute Gasteiger partial charge is 0.465 e. The molecule has 2 atom stereocenters. The summed E-state index contributed by atoms with van der Waals surface area (Å²) in [5.41, 5.74) is 0.702. The van der Waals surface area contributed by atoms with Crippen LogP contribution < -0.4 is 10.6 Å². The summed E-state index contributed by atoms with van der Waals surface area (Å²) in [5.74, 6) is -0.837. The van der Waals surface area contributed by atoms with E-state index in [1.807, 2.05) is 32.0 Å². The average Bonchev–Trinajstić information content (AvgIpc) is 2.60. The highest BCUT2D eigenvalue weighted by atomic mass is 32.2. The molecule has 2 rings (SSSR count). The molecule has 130 valence electrons. The molecule has 0 bridgehead atoms. The number of carbonyl (C=O) groups excluding carboxylic acids is 2. The van der Waals surface area contributed by atoms with Gasteiger partial charge in [0.1, 0.15) is 12.1 Å². The van der Waals surface area contributed by atoms with Crippen LogP contribution in [0.15, 0.2) is 29.2 Å². The number of anilines is 1. The Morgan fingerprint density at radius 2 is 2.00 bits per heavy atom. The van der Waals surface area contributed by atoms with Gasteiger partial charge in [-0.15, -0.1) is 11.8 Å². The zero-order chi connectivity index (χ0) is 18.1. The molecule has 3 amide bonds. The van der Waals surface area contributed by atoms with Crippen molar-refractivity contribution in [3.05, 3.63) is 24.3 Å². The second-order valence-electron chi connectivity index (χ2n) is 6.20. The second-order valence-corrected chi connectivity index (χ2v) is 7.90. The lowest BCUT2D eigenvalue weighted by Crippen LogP contribution is -2.57. The Kier molecular flexibility index (Phi) is 5.08. The zero-order valence-electron chi connectivity index (χ0n) is 14.0. The zero-order valence-corrected chi connectivity index (χ0v) is 14.8. The highest BCUT2D eigenvalue weighted by molar-refractivity contribution is 8.01. The molecule has 0 saturated heterocycles. The van der Waals surface area contributed by atoms with Crippen LogP contribution in [0.4, 0.5) is 10.5 Å². The van der Waals surface area contributed by atoms with Gasteiger partial charge in [0.05, 0.1) is 5.69 Å². The van der Waals surface area contributed by atoms with Crippen molar-refractivity contribution in [3.63, 3.8) is 0 Å². The Morgan fingerprint density at radius 1 is 1.38 bits per heavy atom. The first-order valence-electron chi connectivity index (χ1n) is 7.48. The van der Waals surface area contributed by atoms with Crippen LogP contribution in [0.5, 0.6) is 0 Å². The van der Waals surface area contributed by atoms with Crippen LogP contribution in [0.3, 0.4) is 0 Å². The number of para-hydroxylation sites is 1. The predicted molar refractivity (Wildman–Crippen MR) is 92.2 cm³/mol. The van der Waals surface area contributed by atoms with E-state index >= 15 is 0 Å². The molecule has 0 radical (unpaired) electrons. The quantitative estimate of drug-likeness (QED) is 0.773. The molecule has 0 saturated carbocycles. The summed E-state index contributed by atoms with van der Waals surface area (Å²) in [6.07, 6.45) is -1.20. The number of hydrogen-bond acceptors (Lipinski definition) is 4. The molecule has 7 nitrogen and oxygen atoms in total. The number of thioether (sulfide) groups is 1. The van der Waals surface area contributed by atoms with Crippen molar-refractivity contribution in [3.8, 4) is 0 Å². The molecule has 0 aliphatic carbocycles. The summed E-state index contributed by atoms with van der Waals surface area (Å²) in [6, 6.07) is 5.73. The molecular weight excluding hydrogens is 330 g/mol. The summed E-state index contributed by atoms with van der Waals surface area (Å²) < 4.78 is -0.603. The maximum atomic E-state index is 12.6. The first-order chi connectivity index (χ1) is 11.1. The van der Waals surface area contributed by atoms with Crippen molar-refractivity contribution in [2.45, 2.75) is 42.5 Å². The summed E-state index contributed by atoms with van der Waals surface area (Å²) in [4.78, 5) is 37.8. The number of fused-ring (bicyclic) bond motifs is 1.